The Bertz CT molecular complexity index is 670. The smallest absolute Gasteiger partial charge is 0.175 e. The molecule has 0 atom stereocenters. The van der Waals surface area contributed by atoms with Crippen LogP contribution in [0.15, 0.2) is 36.4 Å². The molecule has 0 saturated carbocycles. The minimum Gasteiger partial charge on any atom is -0.497 e. The Morgan fingerprint density at radius 1 is 1.00 bits per heavy atom. The molecule has 4 nitrogen and oxygen atoms in total. The molecule has 2 aromatic carbocycles. The number of methoxy groups -OCH3 is 2. The van der Waals surface area contributed by atoms with Gasteiger partial charge in [0.15, 0.2) is 5.11 Å². The topological polar surface area (TPSA) is 42.5 Å². The molecule has 116 valence electrons. The Morgan fingerprint density at radius 3 is 2.18 bits per heavy atom. The molecule has 2 N–H and O–H groups in total. The van der Waals surface area contributed by atoms with E-state index in [1.165, 1.54) is 6.07 Å². The maximum atomic E-state index is 13.8. The maximum absolute atomic E-state index is 13.8. The molecule has 0 unspecified atom stereocenters. The summed E-state index contributed by atoms with van der Waals surface area (Å²) in [4.78, 5) is 0. The van der Waals surface area contributed by atoms with Crippen molar-refractivity contribution in [2.75, 3.05) is 24.9 Å². The van der Waals surface area contributed by atoms with Crippen LogP contribution in [0, 0.1) is 12.7 Å². The summed E-state index contributed by atoms with van der Waals surface area (Å²) < 4.78 is 24.2. The largest absolute Gasteiger partial charge is 0.497 e. The van der Waals surface area contributed by atoms with E-state index in [2.05, 4.69) is 10.6 Å². The number of rotatable bonds is 4. The van der Waals surface area contributed by atoms with Crippen LogP contribution in [0.25, 0.3) is 0 Å². The third-order valence-electron chi connectivity index (χ3n) is 2.98. The molecule has 2 rings (SSSR count). The van der Waals surface area contributed by atoms with E-state index in [0.717, 1.165) is 5.56 Å². The molecule has 0 bridgehead atoms. The molecule has 2 aromatic rings. The highest BCUT2D eigenvalue weighted by Gasteiger charge is 2.07. The van der Waals surface area contributed by atoms with Gasteiger partial charge in [0.25, 0.3) is 0 Å². The Kier molecular flexibility index (Phi) is 5.16. The van der Waals surface area contributed by atoms with Crippen LogP contribution in [0.3, 0.4) is 0 Å². The summed E-state index contributed by atoms with van der Waals surface area (Å²) in [5.41, 5.74) is 1.85. The molecule has 0 spiro atoms. The fraction of sp³-hybridized carbons (Fsp3) is 0.188. The van der Waals surface area contributed by atoms with Crippen LogP contribution >= 0.6 is 12.2 Å². The van der Waals surface area contributed by atoms with Crippen molar-refractivity contribution in [2.24, 2.45) is 0 Å². The zero-order chi connectivity index (χ0) is 16.1. The number of thiocarbonyl (C=S) groups is 1. The maximum Gasteiger partial charge on any atom is 0.175 e. The zero-order valence-corrected chi connectivity index (χ0v) is 13.4. The standard InChI is InChI=1S/C16H17FN2O2S/c1-10-4-5-15(14(17)6-10)19-16(22)18-11-7-12(20-2)9-13(8-11)21-3/h4-9H,1-3H3,(H2,18,19,22). The molecule has 0 amide bonds. The fourth-order valence-electron chi connectivity index (χ4n) is 1.89. The van der Waals surface area contributed by atoms with E-state index in [1.54, 1.807) is 38.5 Å². The second-order valence-electron chi connectivity index (χ2n) is 4.66. The summed E-state index contributed by atoms with van der Waals surface area (Å²) in [6.07, 6.45) is 0. The van der Waals surface area contributed by atoms with E-state index in [1.807, 2.05) is 13.0 Å². The number of aryl methyl sites for hydroxylation is 1. The second-order valence-corrected chi connectivity index (χ2v) is 5.07. The van der Waals surface area contributed by atoms with Crippen LogP contribution in [0.5, 0.6) is 11.5 Å². The first kappa shape index (κ1) is 16.0. The van der Waals surface area contributed by atoms with Gasteiger partial charge >= 0.3 is 0 Å². The number of hydrogen-bond donors (Lipinski definition) is 2. The highest BCUT2D eigenvalue weighted by molar-refractivity contribution is 7.80. The fourth-order valence-corrected chi connectivity index (χ4v) is 2.11. The third kappa shape index (κ3) is 4.08. The van der Waals surface area contributed by atoms with Gasteiger partial charge in [0.1, 0.15) is 17.3 Å². The Labute approximate surface area is 134 Å². The van der Waals surface area contributed by atoms with E-state index < -0.39 is 0 Å². The van der Waals surface area contributed by atoms with E-state index in [0.29, 0.717) is 22.9 Å². The minimum atomic E-state index is -0.354. The molecule has 0 aromatic heterocycles. The van der Waals surface area contributed by atoms with Gasteiger partial charge in [-0.25, -0.2) is 4.39 Å². The van der Waals surface area contributed by atoms with Crippen LogP contribution in [0.2, 0.25) is 0 Å². The number of halogens is 1. The van der Waals surface area contributed by atoms with Gasteiger partial charge in [-0.3, -0.25) is 0 Å². The average molecular weight is 320 g/mol. The van der Waals surface area contributed by atoms with Crippen LogP contribution in [0.1, 0.15) is 5.56 Å². The lowest BCUT2D eigenvalue weighted by Gasteiger charge is -2.13. The summed E-state index contributed by atoms with van der Waals surface area (Å²) in [5.74, 6) is 0.907. The first-order valence-corrected chi connectivity index (χ1v) is 7.00. The highest BCUT2D eigenvalue weighted by atomic mass is 32.1. The van der Waals surface area contributed by atoms with Gasteiger partial charge in [-0.05, 0) is 36.8 Å². The molecule has 0 aliphatic carbocycles. The SMILES string of the molecule is COc1cc(NC(=S)Nc2ccc(C)cc2F)cc(OC)c1. The lowest BCUT2D eigenvalue weighted by atomic mass is 10.2. The summed E-state index contributed by atoms with van der Waals surface area (Å²) in [6, 6.07) is 10.2. The number of nitrogens with one attached hydrogen (secondary N) is 2. The predicted molar refractivity (Wildman–Crippen MR) is 90.5 cm³/mol. The van der Waals surface area contributed by atoms with Gasteiger partial charge in [0.2, 0.25) is 0 Å². The summed E-state index contributed by atoms with van der Waals surface area (Å²) in [5, 5.41) is 6.08. The van der Waals surface area contributed by atoms with E-state index in [4.69, 9.17) is 21.7 Å². The summed E-state index contributed by atoms with van der Waals surface area (Å²) in [6.45, 7) is 1.83. The van der Waals surface area contributed by atoms with Crippen molar-refractivity contribution >= 4 is 28.7 Å². The highest BCUT2D eigenvalue weighted by Crippen LogP contribution is 2.26. The Hall–Kier alpha value is -2.34. The van der Waals surface area contributed by atoms with Crippen molar-refractivity contribution in [1.82, 2.24) is 0 Å². The summed E-state index contributed by atoms with van der Waals surface area (Å²) >= 11 is 5.20. The quantitative estimate of drug-likeness (QED) is 0.835. The predicted octanol–water partition coefficient (Wildman–Crippen LogP) is 3.96. The van der Waals surface area contributed by atoms with Crippen molar-refractivity contribution in [3.63, 3.8) is 0 Å². The number of benzene rings is 2. The van der Waals surface area contributed by atoms with Crippen LogP contribution in [0.4, 0.5) is 15.8 Å². The Morgan fingerprint density at radius 2 is 1.64 bits per heavy atom. The normalized spacial score (nSPS) is 10.0. The molecule has 0 fully saturated rings. The van der Waals surface area contributed by atoms with Crippen LogP contribution < -0.4 is 20.1 Å². The first-order valence-electron chi connectivity index (χ1n) is 6.59. The monoisotopic (exact) mass is 320 g/mol. The van der Waals surface area contributed by atoms with E-state index >= 15 is 0 Å². The second kappa shape index (κ2) is 7.09. The van der Waals surface area contributed by atoms with Crippen molar-refractivity contribution < 1.29 is 13.9 Å². The lowest BCUT2D eigenvalue weighted by Crippen LogP contribution is -2.19. The lowest BCUT2D eigenvalue weighted by molar-refractivity contribution is 0.395. The molecule has 0 radical (unpaired) electrons. The van der Waals surface area contributed by atoms with Gasteiger partial charge in [0.05, 0.1) is 19.9 Å². The van der Waals surface area contributed by atoms with Crippen molar-refractivity contribution in [3.05, 3.63) is 47.8 Å². The van der Waals surface area contributed by atoms with Crippen LogP contribution in [-0.4, -0.2) is 19.3 Å². The molecule has 0 saturated heterocycles. The first-order chi connectivity index (χ1) is 10.5. The molecule has 22 heavy (non-hydrogen) atoms. The number of anilines is 2. The van der Waals surface area contributed by atoms with Crippen molar-refractivity contribution in [1.29, 1.82) is 0 Å². The minimum absolute atomic E-state index is 0.276. The molecular formula is C16H17FN2O2S. The van der Waals surface area contributed by atoms with Gasteiger partial charge < -0.3 is 20.1 Å². The molecule has 0 aliphatic rings. The average Bonchev–Trinajstić information content (AvgIpc) is 2.49. The third-order valence-corrected chi connectivity index (χ3v) is 3.19. The summed E-state index contributed by atoms with van der Waals surface area (Å²) in [7, 11) is 3.13. The molecular weight excluding hydrogens is 303 g/mol. The molecule has 0 aliphatic heterocycles. The van der Waals surface area contributed by atoms with Gasteiger partial charge in [0, 0.05) is 23.9 Å². The molecule has 0 heterocycles. The number of ether oxygens (including phenoxy) is 2. The Balaban J connectivity index is 2.11. The van der Waals surface area contributed by atoms with E-state index in [-0.39, 0.29) is 10.9 Å². The zero-order valence-electron chi connectivity index (χ0n) is 12.6. The van der Waals surface area contributed by atoms with Crippen molar-refractivity contribution in [3.8, 4) is 11.5 Å². The molecule has 6 heteroatoms. The van der Waals surface area contributed by atoms with Gasteiger partial charge in [-0.2, -0.15) is 0 Å². The van der Waals surface area contributed by atoms with Crippen molar-refractivity contribution in [2.45, 2.75) is 6.92 Å². The number of hydrogen-bond acceptors (Lipinski definition) is 3. The van der Waals surface area contributed by atoms with Gasteiger partial charge in [-0.1, -0.05) is 6.07 Å². The van der Waals surface area contributed by atoms with E-state index in [9.17, 15) is 4.39 Å². The van der Waals surface area contributed by atoms with Crippen LogP contribution in [-0.2, 0) is 0 Å². The van der Waals surface area contributed by atoms with Gasteiger partial charge in [-0.15, -0.1) is 0 Å².